The molecule has 6 nitrogen and oxygen atoms in total. The fraction of sp³-hybridized carbons (Fsp3) is 0.737. The van der Waals surface area contributed by atoms with E-state index >= 15 is 0 Å². The molecule has 3 heterocycles. The Morgan fingerprint density at radius 3 is 2.65 bits per heavy atom. The first-order chi connectivity index (χ1) is 12.6. The van der Waals surface area contributed by atoms with Crippen LogP contribution in [0.2, 0.25) is 0 Å². The number of hydrogen-bond donors (Lipinski definition) is 1. The molecule has 2 amide bonds. The maximum absolute atomic E-state index is 12.6. The second-order valence-corrected chi connectivity index (χ2v) is 9.11. The maximum Gasteiger partial charge on any atom is 0.236 e. The highest BCUT2D eigenvalue weighted by Gasteiger charge is 2.28. The number of thiazole rings is 1. The largest absolute Gasteiger partial charge is 0.342 e. The van der Waals surface area contributed by atoms with Crippen molar-refractivity contribution in [3.8, 4) is 0 Å². The normalized spacial score (nSPS) is 22.0. The lowest BCUT2D eigenvalue weighted by Crippen LogP contribution is -2.44. The summed E-state index contributed by atoms with van der Waals surface area (Å²) in [6.45, 7) is 6.19. The highest BCUT2D eigenvalue weighted by molar-refractivity contribution is 7.15. The molecule has 1 saturated heterocycles. The van der Waals surface area contributed by atoms with Crippen LogP contribution in [0.3, 0.4) is 0 Å². The van der Waals surface area contributed by atoms with Crippen molar-refractivity contribution in [2.24, 2.45) is 11.8 Å². The number of piperidine rings is 1. The smallest absolute Gasteiger partial charge is 0.236 e. The van der Waals surface area contributed by atoms with Crippen LogP contribution in [0.25, 0.3) is 0 Å². The van der Waals surface area contributed by atoms with Gasteiger partial charge in [0, 0.05) is 43.4 Å². The van der Waals surface area contributed by atoms with Gasteiger partial charge in [-0.3, -0.25) is 14.5 Å². The number of carbonyl (C=O) groups is 2. The summed E-state index contributed by atoms with van der Waals surface area (Å²) in [5, 5.41) is 3.71. The summed E-state index contributed by atoms with van der Waals surface area (Å²) in [6, 6.07) is 0. The first kappa shape index (κ1) is 17.9. The molecule has 0 spiro atoms. The van der Waals surface area contributed by atoms with Gasteiger partial charge in [-0.05, 0) is 31.6 Å². The van der Waals surface area contributed by atoms with Crippen molar-refractivity contribution in [3.05, 3.63) is 10.6 Å². The van der Waals surface area contributed by atoms with Gasteiger partial charge < -0.3 is 10.2 Å². The van der Waals surface area contributed by atoms with Gasteiger partial charge in [-0.2, -0.15) is 0 Å². The number of anilines is 1. The predicted molar refractivity (Wildman–Crippen MR) is 102 cm³/mol. The van der Waals surface area contributed by atoms with Gasteiger partial charge in [0.2, 0.25) is 11.8 Å². The van der Waals surface area contributed by atoms with Crippen LogP contribution in [0.1, 0.15) is 49.6 Å². The van der Waals surface area contributed by atoms with Crippen LogP contribution < -0.4 is 5.32 Å². The lowest BCUT2D eigenvalue weighted by molar-refractivity contribution is -0.134. The van der Waals surface area contributed by atoms with E-state index in [1.165, 1.54) is 4.88 Å². The van der Waals surface area contributed by atoms with Crippen LogP contribution in [-0.2, 0) is 22.6 Å². The minimum atomic E-state index is 0.119. The van der Waals surface area contributed by atoms with Crippen molar-refractivity contribution in [1.82, 2.24) is 14.8 Å². The number of hydrogen-bond acceptors (Lipinski definition) is 5. The first-order valence-corrected chi connectivity index (χ1v) is 10.7. The monoisotopic (exact) mass is 376 g/mol. The molecule has 142 valence electrons. The summed E-state index contributed by atoms with van der Waals surface area (Å²) < 4.78 is 0. The van der Waals surface area contributed by atoms with Crippen LogP contribution in [-0.4, -0.2) is 52.8 Å². The molecule has 0 radical (unpaired) electrons. The van der Waals surface area contributed by atoms with E-state index in [0.717, 1.165) is 81.4 Å². The molecule has 7 heteroatoms. The highest BCUT2D eigenvalue weighted by atomic mass is 32.1. The zero-order valence-electron chi connectivity index (χ0n) is 15.5. The first-order valence-electron chi connectivity index (χ1n) is 9.88. The summed E-state index contributed by atoms with van der Waals surface area (Å²) in [4.78, 5) is 34.7. The van der Waals surface area contributed by atoms with Crippen molar-refractivity contribution in [2.45, 2.75) is 52.0 Å². The molecule has 0 unspecified atom stereocenters. The molecule has 2 fully saturated rings. The number of carbonyl (C=O) groups excluding carboxylic acids is 2. The molecule has 4 rings (SSSR count). The van der Waals surface area contributed by atoms with Crippen LogP contribution >= 0.6 is 11.3 Å². The molecule has 1 saturated carbocycles. The third-order valence-electron chi connectivity index (χ3n) is 6.01. The summed E-state index contributed by atoms with van der Waals surface area (Å²) in [5.74, 6) is 1.29. The minimum absolute atomic E-state index is 0.119. The van der Waals surface area contributed by atoms with E-state index < -0.39 is 0 Å². The molecule has 1 aliphatic carbocycles. The van der Waals surface area contributed by atoms with Crippen LogP contribution in [0.15, 0.2) is 0 Å². The van der Waals surface area contributed by atoms with Crippen molar-refractivity contribution < 1.29 is 9.59 Å². The van der Waals surface area contributed by atoms with Crippen LogP contribution in [0.5, 0.6) is 0 Å². The fourth-order valence-corrected chi connectivity index (χ4v) is 4.92. The van der Waals surface area contributed by atoms with Gasteiger partial charge in [0.15, 0.2) is 5.13 Å². The van der Waals surface area contributed by atoms with Gasteiger partial charge >= 0.3 is 0 Å². The number of nitrogens with one attached hydrogen (secondary N) is 1. The molecule has 0 bridgehead atoms. The van der Waals surface area contributed by atoms with Gasteiger partial charge in [-0.15, -0.1) is 11.3 Å². The van der Waals surface area contributed by atoms with Gasteiger partial charge in [-0.25, -0.2) is 4.98 Å². The Hall–Kier alpha value is -1.47. The van der Waals surface area contributed by atoms with Crippen LogP contribution in [0.4, 0.5) is 5.13 Å². The minimum Gasteiger partial charge on any atom is -0.342 e. The average Bonchev–Trinajstić information content (AvgIpc) is 2.95. The third-order valence-corrected chi connectivity index (χ3v) is 7.01. The Morgan fingerprint density at radius 1 is 1.19 bits per heavy atom. The second kappa shape index (κ2) is 7.64. The van der Waals surface area contributed by atoms with E-state index in [0.29, 0.717) is 6.54 Å². The third kappa shape index (κ3) is 3.93. The Kier molecular flexibility index (Phi) is 5.27. The van der Waals surface area contributed by atoms with Gasteiger partial charge in [0.25, 0.3) is 0 Å². The van der Waals surface area contributed by atoms with E-state index in [1.54, 1.807) is 11.3 Å². The second-order valence-electron chi connectivity index (χ2n) is 8.03. The lowest BCUT2D eigenvalue weighted by atomic mass is 9.85. The number of nitrogens with zero attached hydrogens (tertiary/aromatic N) is 3. The topological polar surface area (TPSA) is 65.5 Å². The van der Waals surface area contributed by atoms with Crippen molar-refractivity contribution in [2.75, 3.05) is 31.5 Å². The Morgan fingerprint density at radius 2 is 1.96 bits per heavy atom. The summed E-state index contributed by atoms with van der Waals surface area (Å²) in [6.07, 6.45) is 6.26. The average molecular weight is 377 g/mol. The molecule has 3 aliphatic rings. The van der Waals surface area contributed by atoms with Gasteiger partial charge in [-0.1, -0.05) is 13.3 Å². The highest BCUT2D eigenvalue weighted by Crippen LogP contribution is 2.31. The Labute approximate surface area is 159 Å². The zero-order valence-corrected chi connectivity index (χ0v) is 16.3. The van der Waals surface area contributed by atoms with Gasteiger partial charge in [0.05, 0.1) is 12.2 Å². The molecule has 1 N–H and O–H groups in total. The van der Waals surface area contributed by atoms with E-state index in [4.69, 9.17) is 0 Å². The fourth-order valence-electron chi connectivity index (χ4n) is 3.86. The molecule has 1 aromatic heterocycles. The number of aromatic nitrogens is 1. The number of amides is 2. The Balaban J connectivity index is 1.31. The number of fused-ring (bicyclic) bond motifs is 1. The molecule has 0 aromatic carbocycles. The van der Waals surface area contributed by atoms with Crippen LogP contribution in [0, 0.1) is 11.8 Å². The molecule has 1 aromatic rings. The standard InChI is InChI=1S/C19H28N4O2S/c1-13-5-9-23(10-6-13)17(24)12-22-8-7-15-16(11-22)26-19(20-15)21-18(25)14-3-2-4-14/h13-14H,2-12H2,1H3,(H,20,21,25). The molecule has 0 atom stereocenters. The number of likely N-dealkylation sites (tertiary alicyclic amines) is 1. The van der Waals surface area contributed by atoms with E-state index in [2.05, 4.69) is 22.1 Å². The predicted octanol–water partition coefficient (Wildman–Crippen LogP) is 2.50. The molecular formula is C19H28N4O2S. The SMILES string of the molecule is CC1CCN(C(=O)CN2CCc3nc(NC(=O)C4CCC4)sc3C2)CC1. The van der Waals surface area contributed by atoms with E-state index in [9.17, 15) is 9.59 Å². The summed E-state index contributed by atoms with van der Waals surface area (Å²) >= 11 is 1.57. The summed E-state index contributed by atoms with van der Waals surface area (Å²) in [7, 11) is 0. The van der Waals surface area contributed by atoms with Gasteiger partial charge in [0.1, 0.15) is 0 Å². The quantitative estimate of drug-likeness (QED) is 0.877. The molecule has 26 heavy (non-hydrogen) atoms. The zero-order chi connectivity index (χ0) is 18.1. The number of rotatable bonds is 4. The van der Waals surface area contributed by atoms with E-state index in [-0.39, 0.29) is 17.7 Å². The van der Waals surface area contributed by atoms with Crippen molar-refractivity contribution >= 4 is 28.3 Å². The molecule has 2 aliphatic heterocycles. The molecular weight excluding hydrogens is 348 g/mol. The lowest BCUT2D eigenvalue weighted by Gasteiger charge is -2.33. The maximum atomic E-state index is 12.6. The Bertz CT molecular complexity index is 677. The van der Waals surface area contributed by atoms with Crippen molar-refractivity contribution in [1.29, 1.82) is 0 Å². The van der Waals surface area contributed by atoms with Crippen molar-refractivity contribution in [3.63, 3.8) is 0 Å². The summed E-state index contributed by atoms with van der Waals surface area (Å²) in [5.41, 5.74) is 1.09. The van der Waals surface area contributed by atoms with E-state index in [1.807, 2.05) is 4.90 Å².